The topological polar surface area (TPSA) is 66.8 Å². The van der Waals surface area contributed by atoms with Gasteiger partial charge in [-0.05, 0) is 32.6 Å². The minimum Gasteiger partial charge on any atom is -0.458 e. The summed E-state index contributed by atoms with van der Waals surface area (Å²) in [5, 5.41) is 21.1. The van der Waals surface area contributed by atoms with E-state index in [4.69, 9.17) is 4.74 Å². The number of carbonyl (C=O) groups excluding carboxylic acids is 1. The first-order valence-corrected chi connectivity index (χ1v) is 7.07. The lowest BCUT2D eigenvalue weighted by molar-refractivity contribution is -0.211. The predicted molar refractivity (Wildman–Crippen MR) is 69.2 cm³/mol. The fourth-order valence-corrected chi connectivity index (χ4v) is 4.62. The van der Waals surface area contributed by atoms with E-state index in [0.717, 1.165) is 12.8 Å². The van der Waals surface area contributed by atoms with E-state index in [1.807, 2.05) is 6.92 Å². The number of ether oxygens (including phenoxy) is 1. The summed E-state index contributed by atoms with van der Waals surface area (Å²) in [7, 11) is 0. The molecule has 2 N–H and O–H groups in total. The Balaban J connectivity index is 2.03. The first-order chi connectivity index (χ1) is 8.77. The van der Waals surface area contributed by atoms with Crippen molar-refractivity contribution in [2.24, 2.45) is 17.3 Å². The molecule has 6 atom stereocenters. The number of hydrogen-bond donors (Lipinski definition) is 2. The number of aliphatic hydroxyl groups excluding tert-OH is 1. The molecule has 2 aliphatic carbocycles. The van der Waals surface area contributed by atoms with Gasteiger partial charge in [0.1, 0.15) is 6.10 Å². The Bertz CT molecular complexity index is 441. The van der Waals surface area contributed by atoms with Gasteiger partial charge in [-0.15, -0.1) is 0 Å². The van der Waals surface area contributed by atoms with Gasteiger partial charge in [0.2, 0.25) is 0 Å². The van der Waals surface area contributed by atoms with Crippen LogP contribution in [-0.4, -0.2) is 34.0 Å². The van der Waals surface area contributed by atoms with Crippen LogP contribution in [0, 0.1) is 17.3 Å². The van der Waals surface area contributed by atoms with Gasteiger partial charge in [0.05, 0.1) is 11.7 Å². The van der Waals surface area contributed by atoms with Gasteiger partial charge in [-0.1, -0.05) is 13.5 Å². The molecule has 0 bridgehead atoms. The monoisotopic (exact) mass is 266 g/mol. The second kappa shape index (κ2) is 3.83. The van der Waals surface area contributed by atoms with E-state index in [1.165, 1.54) is 0 Å². The Morgan fingerprint density at radius 2 is 2.00 bits per heavy atom. The average Bonchev–Trinajstić information content (AvgIpc) is 2.60. The summed E-state index contributed by atoms with van der Waals surface area (Å²) in [6.45, 7) is 7.65. The molecule has 3 aliphatic rings. The molecular formula is C15H22O4. The molecule has 4 nitrogen and oxygen atoms in total. The highest BCUT2D eigenvalue weighted by Gasteiger charge is 2.62. The molecule has 106 valence electrons. The van der Waals surface area contributed by atoms with Crippen LogP contribution in [0.4, 0.5) is 0 Å². The Morgan fingerprint density at radius 3 is 2.68 bits per heavy atom. The van der Waals surface area contributed by atoms with E-state index >= 15 is 0 Å². The standard InChI is InChI=1S/C15H22O4/c1-8-9-4-6-14(2)10(16)5-7-15(3,18)12(14)11(9)19-13(8)17/h9-12,16,18H,1,4-7H2,2-3H3/t9?,10-,11?,12?,14+,15?/m1/s1. The second-order valence-electron chi connectivity index (χ2n) is 6.94. The van der Waals surface area contributed by atoms with Crippen molar-refractivity contribution in [3.8, 4) is 0 Å². The number of esters is 1. The van der Waals surface area contributed by atoms with Crippen LogP contribution in [-0.2, 0) is 9.53 Å². The van der Waals surface area contributed by atoms with Crippen LogP contribution in [0.25, 0.3) is 0 Å². The summed E-state index contributed by atoms with van der Waals surface area (Å²) in [6.07, 6.45) is 1.98. The maximum atomic E-state index is 11.7. The molecule has 4 unspecified atom stereocenters. The molecule has 2 saturated carbocycles. The fraction of sp³-hybridized carbons (Fsp3) is 0.800. The van der Waals surface area contributed by atoms with Gasteiger partial charge in [-0.2, -0.15) is 0 Å². The van der Waals surface area contributed by atoms with Crippen molar-refractivity contribution in [2.45, 2.75) is 57.3 Å². The highest BCUT2D eigenvalue weighted by molar-refractivity contribution is 5.90. The van der Waals surface area contributed by atoms with Crippen LogP contribution < -0.4 is 0 Å². The number of rotatable bonds is 0. The zero-order valence-electron chi connectivity index (χ0n) is 11.6. The summed E-state index contributed by atoms with van der Waals surface area (Å²) in [6, 6.07) is 0. The molecule has 0 aromatic heterocycles. The Hall–Kier alpha value is -0.870. The number of fused-ring (bicyclic) bond motifs is 3. The van der Waals surface area contributed by atoms with Crippen molar-refractivity contribution in [2.75, 3.05) is 0 Å². The van der Waals surface area contributed by atoms with Crippen molar-refractivity contribution in [1.82, 2.24) is 0 Å². The van der Waals surface area contributed by atoms with E-state index in [2.05, 4.69) is 6.58 Å². The number of carbonyl (C=O) groups is 1. The van der Waals surface area contributed by atoms with Crippen LogP contribution >= 0.6 is 0 Å². The van der Waals surface area contributed by atoms with E-state index in [1.54, 1.807) is 6.92 Å². The minimum atomic E-state index is -0.901. The molecule has 3 fully saturated rings. The number of aliphatic hydroxyl groups is 2. The van der Waals surface area contributed by atoms with Gasteiger partial charge in [0, 0.05) is 22.8 Å². The first kappa shape index (κ1) is 13.1. The van der Waals surface area contributed by atoms with E-state index < -0.39 is 11.7 Å². The molecule has 0 spiro atoms. The lowest BCUT2D eigenvalue weighted by Gasteiger charge is -2.57. The largest absolute Gasteiger partial charge is 0.458 e. The summed E-state index contributed by atoms with van der Waals surface area (Å²) >= 11 is 0. The molecule has 0 aromatic carbocycles. The highest BCUT2D eigenvalue weighted by Crippen LogP contribution is 2.58. The molecule has 1 heterocycles. The molecule has 4 heteroatoms. The second-order valence-corrected chi connectivity index (χ2v) is 6.94. The Kier molecular flexibility index (Phi) is 2.64. The Morgan fingerprint density at radius 1 is 1.32 bits per heavy atom. The van der Waals surface area contributed by atoms with Gasteiger partial charge in [-0.25, -0.2) is 4.79 Å². The number of hydrogen-bond acceptors (Lipinski definition) is 4. The van der Waals surface area contributed by atoms with Crippen LogP contribution in [0.1, 0.15) is 39.5 Å². The van der Waals surface area contributed by atoms with Gasteiger partial charge >= 0.3 is 5.97 Å². The van der Waals surface area contributed by atoms with Crippen LogP contribution in [0.5, 0.6) is 0 Å². The highest BCUT2D eigenvalue weighted by atomic mass is 16.6. The van der Waals surface area contributed by atoms with Crippen molar-refractivity contribution < 1.29 is 19.7 Å². The third-order valence-electron chi connectivity index (χ3n) is 5.74. The Labute approximate surface area is 113 Å². The van der Waals surface area contributed by atoms with E-state index in [0.29, 0.717) is 18.4 Å². The molecule has 19 heavy (non-hydrogen) atoms. The van der Waals surface area contributed by atoms with E-state index in [-0.39, 0.29) is 29.3 Å². The summed E-state index contributed by atoms with van der Waals surface area (Å²) in [5.41, 5.74) is -0.751. The third kappa shape index (κ3) is 1.62. The maximum Gasteiger partial charge on any atom is 0.334 e. The van der Waals surface area contributed by atoms with E-state index in [9.17, 15) is 15.0 Å². The molecule has 0 amide bonds. The first-order valence-electron chi connectivity index (χ1n) is 7.07. The summed E-state index contributed by atoms with van der Waals surface area (Å²) in [4.78, 5) is 11.7. The normalized spacial score (nSPS) is 53.5. The van der Waals surface area contributed by atoms with Gasteiger partial charge in [-0.3, -0.25) is 0 Å². The lowest BCUT2D eigenvalue weighted by Crippen LogP contribution is -2.62. The minimum absolute atomic E-state index is 0.00218. The van der Waals surface area contributed by atoms with Crippen molar-refractivity contribution in [3.63, 3.8) is 0 Å². The predicted octanol–water partition coefficient (Wildman–Crippen LogP) is 1.41. The lowest BCUT2D eigenvalue weighted by atomic mass is 9.51. The van der Waals surface area contributed by atoms with Crippen molar-refractivity contribution in [1.29, 1.82) is 0 Å². The molecule has 1 aliphatic heterocycles. The summed E-state index contributed by atoms with van der Waals surface area (Å²) < 4.78 is 5.49. The molecule has 0 radical (unpaired) electrons. The van der Waals surface area contributed by atoms with Gasteiger partial charge in [0.25, 0.3) is 0 Å². The third-order valence-corrected chi connectivity index (χ3v) is 5.74. The molecule has 1 saturated heterocycles. The molecule has 0 aromatic rings. The fourth-order valence-electron chi connectivity index (χ4n) is 4.62. The average molecular weight is 266 g/mol. The smallest absolute Gasteiger partial charge is 0.334 e. The van der Waals surface area contributed by atoms with Gasteiger partial charge in [0.15, 0.2) is 0 Å². The summed E-state index contributed by atoms with van der Waals surface area (Å²) in [5.74, 6) is -0.553. The van der Waals surface area contributed by atoms with Crippen molar-refractivity contribution >= 4 is 5.97 Å². The maximum absolute atomic E-state index is 11.7. The zero-order valence-corrected chi connectivity index (χ0v) is 11.6. The van der Waals surface area contributed by atoms with Crippen LogP contribution in [0.15, 0.2) is 12.2 Å². The molecule has 3 rings (SSSR count). The SMILES string of the molecule is C=C1C(=O)OC2C1CC[C@]1(C)C2C(C)(O)CC[C@H]1O. The zero-order chi connectivity index (χ0) is 14.0. The quantitative estimate of drug-likeness (QED) is 0.514. The van der Waals surface area contributed by atoms with Crippen LogP contribution in [0.2, 0.25) is 0 Å². The molecular weight excluding hydrogens is 244 g/mol. The van der Waals surface area contributed by atoms with Crippen LogP contribution in [0.3, 0.4) is 0 Å². The van der Waals surface area contributed by atoms with Crippen molar-refractivity contribution in [3.05, 3.63) is 12.2 Å². The van der Waals surface area contributed by atoms with Gasteiger partial charge < -0.3 is 14.9 Å².